The Balaban J connectivity index is -0.0000000427. The predicted octanol–water partition coefficient (Wildman–Crippen LogP) is 3.14. The van der Waals surface area contributed by atoms with Gasteiger partial charge in [-0.05, 0) is 12.0 Å². The van der Waals surface area contributed by atoms with Crippen LogP contribution in [0.25, 0.3) is 0 Å². The zero-order valence-corrected chi connectivity index (χ0v) is 17.3. The van der Waals surface area contributed by atoms with Crippen molar-refractivity contribution in [3.8, 4) is 0 Å². The maximum absolute atomic E-state index is 2.16. The van der Waals surface area contributed by atoms with E-state index in [1.807, 2.05) is 6.07 Å². The molecule has 1 rings (SSSR count). The molecule has 1 aromatic carbocycles. The maximum Gasteiger partial charge on any atom is 0 e. The summed E-state index contributed by atoms with van der Waals surface area (Å²) in [5, 5.41) is 0. The molecule has 0 aliphatic rings. The van der Waals surface area contributed by atoms with Gasteiger partial charge in [0, 0.05) is 98.1 Å². The molecule has 3 radical (unpaired) electrons. The predicted molar refractivity (Wildman–Crippen MR) is 48.6 cm³/mol. The second-order valence-electron chi connectivity index (χ2n) is 1.84. The standard InChI is InChI=1S/C8H10.2CH3.3Y/c1-2-8-6-4-3-5-7-8;;;;;/h3-7H,2H2,1H3;2*1H3;;;/q;2*-1;;;. The van der Waals surface area contributed by atoms with E-state index in [2.05, 4.69) is 31.2 Å². The summed E-state index contributed by atoms with van der Waals surface area (Å²) in [6.45, 7) is 2.16. The van der Waals surface area contributed by atoms with Crippen molar-refractivity contribution < 1.29 is 98.1 Å². The fourth-order valence-electron chi connectivity index (χ4n) is 0.714. The number of aryl methyl sites for hydroxylation is 1. The summed E-state index contributed by atoms with van der Waals surface area (Å²) in [5.41, 5.74) is 1.41. The van der Waals surface area contributed by atoms with Gasteiger partial charge in [0.25, 0.3) is 0 Å². The Morgan fingerprint density at radius 2 is 1.23 bits per heavy atom. The first kappa shape index (κ1) is 29.6. The van der Waals surface area contributed by atoms with Gasteiger partial charge in [-0.25, -0.2) is 0 Å². The average Bonchev–Trinajstić information content (AvgIpc) is 1.90. The summed E-state index contributed by atoms with van der Waals surface area (Å²) in [6.07, 6.45) is 1.14. The molecule has 0 N–H and O–H groups in total. The Kier molecular flexibility index (Phi) is 45.5. The SMILES string of the molecule is CCc1ccccc1.[CH3-].[CH3-].[Y].[Y].[Y]. The van der Waals surface area contributed by atoms with Gasteiger partial charge in [0.1, 0.15) is 0 Å². The van der Waals surface area contributed by atoms with E-state index in [1.165, 1.54) is 5.56 Å². The fourth-order valence-corrected chi connectivity index (χ4v) is 0.714. The Morgan fingerprint density at radius 1 is 0.846 bits per heavy atom. The molecule has 13 heavy (non-hydrogen) atoms. The first-order valence-electron chi connectivity index (χ1n) is 2.97. The molecule has 3 heteroatoms. The average molecular weight is 403 g/mol. The smallest absolute Gasteiger partial charge is 0 e. The Hall–Kier alpha value is 2.53. The molecule has 0 aliphatic carbocycles. The van der Waals surface area contributed by atoms with Gasteiger partial charge in [-0.3, -0.25) is 0 Å². The normalized spacial score (nSPS) is 5.62. The van der Waals surface area contributed by atoms with Gasteiger partial charge in [-0.2, -0.15) is 0 Å². The monoisotopic (exact) mass is 403 g/mol. The Labute approximate surface area is 159 Å². The van der Waals surface area contributed by atoms with Crippen molar-refractivity contribution in [2.45, 2.75) is 13.3 Å². The molecule has 0 bridgehead atoms. The van der Waals surface area contributed by atoms with Crippen LogP contribution in [0.1, 0.15) is 12.5 Å². The van der Waals surface area contributed by atoms with E-state index in [0.29, 0.717) is 0 Å². The number of benzene rings is 1. The summed E-state index contributed by atoms with van der Waals surface area (Å²) < 4.78 is 0. The van der Waals surface area contributed by atoms with E-state index in [1.54, 1.807) is 0 Å². The van der Waals surface area contributed by atoms with E-state index >= 15 is 0 Å². The largest absolute Gasteiger partial charge is 0.358 e. The second-order valence-corrected chi connectivity index (χ2v) is 1.84. The molecule has 0 unspecified atom stereocenters. The molecule has 67 valence electrons. The third-order valence-electron chi connectivity index (χ3n) is 1.25. The molecule has 0 spiro atoms. The molecule has 0 aromatic heterocycles. The van der Waals surface area contributed by atoms with Crippen LogP contribution in [-0.2, 0) is 105 Å². The third-order valence-corrected chi connectivity index (χ3v) is 1.25. The minimum Gasteiger partial charge on any atom is -0.358 e. The molecule has 0 saturated heterocycles. The van der Waals surface area contributed by atoms with E-state index in [4.69, 9.17) is 0 Å². The van der Waals surface area contributed by atoms with E-state index in [-0.39, 0.29) is 113 Å². The van der Waals surface area contributed by atoms with Crippen LogP contribution in [0, 0.1) is 14.9 Å². The molecule has 0 atom stereocenters. The van der Waals surface area contributed by atoms with E-state index in [0.717, 1.165) is 6.42 Å². The van der Waals surface area contributed by atoms with Crippen LogP contribution in [0.15, 0.2) is 30.3 Å². The van der Waals surface area contributed by atoms with Crippen LogP contribution in [-0.4, -0.2) is 0 Å². The fraction of sp³-hybridized carbons (Fsp3) is 0.200. The molecule has 0 heterocycles. The number of hydrogen-bond donors (Lipinski definition) is 0. The van der Waals surface area contributed by atoms with Gasteiger partial charge in [0.15, 0.2) is 0 Å². The first-order valence-corrected chi connectivity index (χ1v) is 2.97. The van der Waals surface area contributed by atoms with Crippen LogP contribution in [0.2, 0.25) is 0 Å². The summed E-state index contributed by atoms with van der Waals surface area (Å²) in [7, 11) is 0. The van der Waals surface area contributed by atoms with Gasteiger partial charge in [0.05, 0.1) is 0 Å². The quantitative estimate of drug-likeness (QED) is 0.633. The number of hydrogen-bond acceptors (Lipinski definition) is 0. The van der Waals surface area contributed by atoms with Crippen molar-refractivity contribution >= 4 is 0 Å². The molecular weight excluding hydrogens is 387 g/mol. The third kappa shape index (κ3) is 14.5. The van der Waals surface area contributed by atoms with Gasteiger partial charge in [0.2, 0.25) is 0 Å². The Bertz CT molecular complexity index is 152. The van der Waals surface area contributed by atoms with E-state index in [9.17, 15) is 0 Å². The van der Waals surface area contributed by atoms with Gasteiger partial charge in [-0.1, -0.05) is 37.3 Å². The van der Waals surface area contributed by atoms with Gasteiger partial charge >= 0.3 is 0 Å². The van der Waals surface area contributed by atoms with Crippen LogP contribution in [0.5, 0.6) is 0 Å². The van der Waals surface area contributed by atoms with Crippen molar-refractivity contribution in [3.05, 3.63) is 50.7 Å². The van der Waals surface area contributed by atoms with Crippen LogP contribution < -0.4 is 0 Å². The molecule has 0 saturated carbocycles. The van der Waals surface area contributed by atoms with Crippen molar-refractivity contribution in [1.29, 1.82) is 0 Å². The van der Waals surface area contributed by atoms with Gasteiger partial charge in [-0.15, -0.1) is 0 Å². The minimum absolute atomic E-state index is 0. The minimum atomic E-state index is 0. The molecule has 0 fully saturated rings. The number of rotatable bonds is 1. The zero-order valence-electron chi connectivity index (χ0n) is 8.83. The Morgan fingerprint density at radius 3 is 1.46 bits per heavy atom. The molecule has 0 amide bonds. The second kappa shape index (κ2) is 20.0. The topological polar surface area (TPSA) is 0 Å². The van der Waals surface area contributed by atoms with Crippen molar-refractivity contribution in [2.75, 3.05) is 0 Å². The van der Waals surface area contributed by atoms with Crippen LogP contribution >= 0.6 is 0 Å². The molecule has 0 nitrogen and oxygen atoms in total. The summed E-state index contributed by atoms with van der Waals surface area (Å²) >= 11 is 0. The van der Waals surface area contributed by atoms with Crippen molar-refractivity contribution in [1.82, 2.24) is 0 Å². The first-order chi connectivity index (χ1) is 3.93. The van der Waals surface area contributed by atoms with Gasteiger partial charge < -0.3 is 14.9 Å². The summed E-state index contributed by atoms with van der Waals surface area (Å²) in [6, 6.07) is 10.5. The molecule has 0 aliphatic heterocycles. The maximum atomic E-state index is 2.16. The molecular formula is C10H16Y3-2. The summed E-state index contributed by atoms with van der Waals surface area (Å²) in [5.74, 6) is 0. The van der Waals surface area contributed by atoms with Crippen molar-refractivity contribution in [2.24, 2.45) is 0 Å². The van der Waals surface area contributed by atoms with Crippen molar-refractivity contribution in [3.63, 3.8) is 0 Å². The zero-order chi connectivity index (χ0) is 5.82. The van der Waals surface area contributed by atoms with E-state index < -0.39 is 0 Å². The van der Waals surface area contributed by atoms with Crippen LogP contribution in [0.3, 0.4) is 0 Å². The summed E-state index contributed by atoms with van der Waals surface area (Å²) in [4.78, 5) is 0. The van der Waals surface area contributed by atoms with Crippen LogP contribution in [0.4, 0.5) is 0 Å². The molecule has 1 aromatic rings.